The predicted molar refractivity (Wildman–Crippen MR) is 37.0 cm³/mol. The Balaban J connectivity index is 2.59. The first kappa shape index (κ1) is 5.58. The highest BCUT2D eigenvalue weighted by atomic mass is 16.5. The summed E-state index contributed by atoms with van der Waals surface area (Å²) in [6.45, 7) is 0. The van der Waals surface area contributed by atoms with Crippen molar-refractivity contribution in [1.29, 1.82) is 0 Å². The van der Waals surface area contributed by atoms with E-state index in [4.69, 9.17) is 0 Å². The number of hydrogen-bond acceptors (Lipinski definition) is 2. The maximum atomic E-state index is 10.8. The van der Waals surface area contributed by atoms with Gasteiger partial charge in [-0.1, -0.05) is 17.2 Å². The standard InChI is InChI=1S/C7H5N2O/c10-9-7-4-2-1-3-6(7)5-8-9/h1-4,9H. The van der Waals surface area contributed by atoms with Gasteiger partial charge in [0.2, 0.25) is 0 Å². The fourth-order valence-electron chi connectivity index (χ4n) is 0.938. The molecule has 1 aliphatic heterocycles. The minimum Gasteiger partial charge on any atom is -0.601 e. The lowest BCUT2D eigenvalue weighted by atomic mass is 10.2. The van der Waals surface area contributed by atoms with Crippen LogP contribution < -0.4 is 5.17 Å². The summed E-state index contributed by atoms with van der Waals surface area (Å²) in [5.74, 6) is 0. The molecule has 49 valence electrons. The van der Waals surface area contributed by atoms with Crippen molar-refractivity contribution in [3.05, 3.63) is 35.0 Å². The predicted octanol–water partition coefficient (Wildman–Crippen LogP) is -0.0747. The SMILES string of the molecule is [O-][NH+]1N=[C]c2ccccc21. The average Bonchev–Trinajstić information content (AvgIpc) is 2.34. The first-order valence-electron chi connectivity index (χ1n) is 2.98. The lowest BCUT2D eigenvalue weighted by Crippen LogP contribution is -2.95. The van der Waals surface area contributed by atoms with Crippen molar-refractivity contribution in [2.75, 3.05) is 0 Å². The molecule has 1 radical (unpaired) electrons. The zero-order chi connectivity index (χ0) is 6.97. The van der Waals surface area contributed by atoms with Gasteiger partial charge in [0.05, 0.1) is 5.56 Å². The molecular weight excluding hydrogens is 128 g/mol. The van der Waals surface area contributed by atoms with E-state index in [-0.39, 0.29) is 5.17 Å². The van der Waals surface area contributed by atoms with Gasteiger partial charge >= 0.3 is 0 Å². The maximum absolute atomic E-state index is 10.8. The molecule has 0 aromatic heterocycles. The zero-order valence-corrected chi connectivity index (χ0v) is 5.16. The van der Waals surface area contributed by atoms with Gasteiger partial charge in [-0.15, -0.1) is 0 Å². The number of quaternary nitrogens is 1. The maximum Gasteiger partial charge on any atom is 0.167 e. The minimum atomic E-state index is -0.185. The molecule has 1 atom stereocenters. The quantitative estimate of drug-likeness (QED) is 0.494. The Kier molecular flexibility index (Phi) is 1.06. The molecule has 10 heavy (non-hydrogen) atoms. The number of fused-ring (bicyclic) bond motifs is 1. The van der Waals surface area contributed by atoms with E-state index in [9.17, 15) is 5.21 Å². The van der Waals surface area contributed by atoms with E-state index in [2.05, 4.69) is 11.3 Å². The third-order valence-corrected chi connectivity index (χ3v) is 1.44. The van der Waals surface area contributed by atoms with Crippen molar-refractivity contribution in [2.45, 2.75) is 0 Å². The van der Waals surface area contributed by atoms with Gasteiger partial charge in [-0.3, -0.25) is 0 Å². The molecule has 0 spiro atoms. The van der Waals surface area contributed by atoms with Crippen LogP contribution in [0.5, 0.6) is 0 Å². The molecule has 1 unspecified atom stereocenters. The van der Waals surface area contributed by atoms with E-state index in [0.717, 1.165) is 5.56 Å². The van der Waals surface area contributed by atoms with E-state index in [1.165, 1.54) is 0 Å². The van der Waals surface area contributed by atoms with Gasteiger partial charge in [-0.25, -0.2) is 5.17 Å². The Hall–Kier alpha value is -1.19. The van der Waals surface area contributed by atoms with Crippen LogP contribution in [0.3, 0.4) is 0 Å². The molecular formula is C7H5N2O. The second kappa shape index (κ2) is 1.90. The second-order valence-corrected chi connectivity index (χ2v) is 2.07. The van der Waals surface area contributed by atoms with Crippen molar-refractivity contribution in [2.24, 2.45) is 5.10 Å². The van der Waals surface area contributed by atoms with Crippen LogP contribution in [-0.2, 0) is 0 Å². The van der Waals surface area contributed by atoms with Crippen molar-refractivity contribution in [3.8, 4) is 0 Å². The highest BCUT2D eigenvalue weighted by Gasteiger charge is 2.13. The van der Waals surface area contributed by atoms with E-state index in [1.54, 1.807) is 6.07 Å². The summed E-state index contributed by atoms with van der Waals surface area (Å²) in [5, 5.41) is 14.2. The molecule has 0 saturated heterocycles. The average molecular weight is 133 g/mol. The van der Waals surface area contributed by atoms with Gasteiger partial charge in [0.15, 0.2) is 11.9 Å². The van der Waals surface area contributed by atoms with Crippen LogP contribution in [0.2, 0.25) is 0 Å². The van der Waals surface area contributed by atoms with Crippen molar-refractivity contribution in [3.63, 3.8) is 0 Å². The fraction of sp³-hybridized carbons (Fsp3) is 0. The molecule has 3 heteroatoms. The molecule has 0 fully saturated rings. The van der Waals surface area contributed by atoms with Gasteiger partial charge in [-0.05, 0) is 6.07 Å². The van der Waals surface area contributed by atoms with E-state index >= 15 is 0 Å². The highest BCUT2D eigenvalue weighted by molar-refractivity contribution is 5.86. The van der Waals surface area contributed by atoms with E-state index < -0.39 is 0 Å². The van der Waals surface area contributed by atoms with Crippen LogP contribution in [0.1, 0.15) is 5.56 Å². The largest absolute Gasteiger partial charge is 0.601 e. The molecule has 1 heterocycles. The molecule has 0 aliphatic carbocycles. The Morgan fingerprint density at radius 3 is 3.00 bits per heavy atom. The number of hydrogen-bond donors (Lipinski definition) is 1. The molecule has 0 saturated carbocycles. The third-order valence-electron chi connectivity index (χ3n) is 1.44. The summed E-state index contributed by atoms with van der Waals surface area (Å²) in [5.41, 5.74) is 1.45. The van der Waals surface area contributed by atoms with E-state index in [1.807, 2.05) is 18.2 Å². The smallest absolute Gasteiger partial charge is 0.167 e. The van der Waals surface area contributed by atoms with Gasteiger partial charge in [0.25, 0.3) is 0 Å². The van der Waals surface area contributed by atoms with Crippen molar-refractivity contribution >= 4 is 11.9 Å². The monoisotopic (exact) mass is 133 g/mol. The summed E-state index contributed by atoms with van der Waals surface area (Å²) in [4.78, 5) is 0. The second-order valence-electron chi connectivity index (χ2n) is 2.07. The van der Waals surface area contributed by atoms with Gasteiger partial charge in [0.1, 0.15) is 0 Å². The number of benzene rings is 1. The molecule has 1 aromatic rings. The third kappa shape index (κ3) is 0.650. The molecule has 1 N–H and O–H groups in total. The van der Waals surface area contributed by atoms with Crippen LogP contribution in [0.25, 0.3) is 0 Å². The van der Waals surface area contributed by atoms with Crippen molar-refractivity contribution in [1.82, 2.24) is 0 Å². The van der Waals surface area contributed by atoms with Gasteiger partial charge < -0.3 is 5.21 Å². The van der Waals surface area contributed by atoms with Crippen molar-refractivity contribution < 1.29 is 5.17 Å². The molecule has 2 rings (SSSR count). The first-order chi connectivity index (χ1) is 4.88. The minimum absolute atomic E-state index is 0.185. The summed E-state index contributed by atoms with van der Waals surface area (Å²) in [7, 11) is 0. The lowest BCUT2D eigenvalue weighted by Gasteiger charge is -2.08. The van der Waals surface area contributed by atoms with Gasteiger partial charge in [-0.2, -0.15) is 0 Å². The van der Waals surface area contributed by atoms with Gasteiger partial charge in [0, 0.05) is 6.07 Å². The Morgan fingerprint density at radius 1 is 1.40 bits per heavy atom. The molecule has 0 amide bonds. The van der Waals surface area contributed by atoms with Crippen LogP contribution in [-0.4, -0.2) is 6.21 Å². The number of nitrogens with zero attached hydrogens (tertiary/aromatic N) is 1. The lowest BCUT2D eigenvalue weighted by molar-refractivity contribution is -0.780. The molecule has 0 bridgehead atoms. The summed E-state index contributed by atoms with van der Waals surface area (Å²) >= 11 is 0. The fourth-order valence-corrected chi connectivity index (χ4v) is 0.938. The Morgan fingerprint density at radius 2 is 2.20 bits per heavy atom. The Labute approximate surface area is 58.2 Å². The summed E-state index contributed by atoms with van der Waals surface area (Å²) in [6, 6.07) is 7.25. The topological polar surface area (TPSA) is 39.9 Å². The molecule has 3 nitrogen and oxygen atoms in total. The van der Waals surface area contributed by atoms with Crippen LogP contribution in [0, 0.1) is 5.21 Å². The normalized spacial score (nSPS) is 21.1. The van der Waals surface area contributed by atoms with Crippen LogP contribution in [0.15, 0.2) is 29.4 Å². The Bertz CT molecular complexity index is 283. The first-order valence-corrected chi connectivity index (χ1v) is 2.98. The highest BCUT2D eigenvalue weighted by Crippen LogP contribution is 2.10. The number of rotatable bonds is 0. The molecule has 1 aromatic carbocycles. The molecule has 1 aliphatic rings. The summed E-state index contributed by atoms with van der Waals surface area (Å²) < 4.78 is 0. The zero-order valence-electron chi connectivity index (χ0n) is 5.16. The van der Waals surface area contributed by atoms with E-state index in [0.29, 0.717) is 5.69 Å². The summed E-state index contributed by atoms with van der Waals surface area (Å²) in [6.07, 6.45) is 2.63. The van der Waals surface area contributed by atoms with Crippen LogP contribution >= 0.6 is 0 Å². The number of nitrogens with one attached hydrogen (secondary N) is 1. The van der Waals surface area contributed by atoms with Crippen LogP contribution in [0.4, 0.5) is 5.69 Å².